The van der Waals surface area contributed by atoms with Gasteiger partial charge in [0.25, 0.3) is 0 Å². The summed E-state index contributed by atoms with van der Waals surface area (Å²) in [4.78, 5) is 0. The highest BCUT2D eigenvalue weighted by Gasteiger charge is 2.15. The van der Waals surface area contributed by atoms with Gasteiger partial charge in [0.2, 0.25) is 0 Å². The van der Waals surface area contributed by atoms with E-state index in [0.29, 0.717) is 6.04 Å². The van der Waals surface area contributed by atoms with E-state index in [-0.39, 0.29) is 0 Å². The fraction of sp³-hybridized carbons (Fsp3) is 1.00. The number of unbranched alkanes of at least 4 members (excludes halogenated alkanes) is 1. The molecule has 2 heteroatoms. The molecule has 19 heavy (non-hydrogen) atoms. The van der Waals surface area contributed by atoms with E-state index in [4.69, 9.17) is 0 Å². The predicted molar refractivity (Wildman–Crippen MR) is 85.6 cm³/mol. The summed E-state index contributed by atoms with van der Waals surface area (Å²) in [5, 5.41) is 7.48. The fourth-order valence-electron chi connectivity index (χ4n) is 3.12. The zero-order valence-corrected chi connectivity index (χ0v) is 13.5. The van der Waals surface area contributed by atoms with Crippen LogP contribution in [0.15, 0.2) is 0 Å². The maximum absolute atomic E-state index is 3.77. The maximum Gasteiger partial charge on any atom is 0.00817 e. The van der Waals surface area contributed by atoms with E-state index in [2.05, 4.69) is 31.4 Å². The van der Waals surface area contributed by atoms with E-state index < -0.39 is 0 Å². The van der Waals surface area contributed by atoms with Crippen LogP contribution in [0.3, 0.4) is 0 Å². The van der Waals surface area contributed by atoms with E-state index in [9.17, 15) is 0 Å². The lowest BCUT2D eigenvalue weighted by atomic mass is 9.98. The van der Waals surface area contributed by atoms with Gasteiger partial charge in [0, 0.05) is 12.1 Å². The molecule has 3 atom stereocenters. The molecule has 0 spiro atoms. The van der Waals surface area contributed by atoms with Crippen LogP contribution < -0.4 is 10.6 Å². The van der Waals surface area contributed by atoms with Gasteiger partial charge in [-0.05, 0) is 51.6 Å². The molecule has 3 unspecified atom stereocenters. The molecule has 1 aliphatic rings. The second-order valence-electron chi connectivity index (χ2n) is 6.46. The maximum atomic E-state index is 3.77. The first kappa shape index (κ1) is 17.0. The second-order valence-corrected chi connectivity index (χ2v) is 6.46. The quantitative estimate of drug-likeness (QED) is 0.658. The van der Waals surface area contributed by atoms with Gasteiger partial charge in [-0.25, -0.2) is 0 Å². The van der Waals surface area contributed by atoms with Gasteiger partial charge in [0.1, 0.15) is 0 Å². The Morgan fingerprint density at radius 2 is 2.05 bits per heavy atom. The highest BCUT2D eigenvalue weighted by molar-refractivity contribution is 4.76. The van der Waals surface area contributed by atoms with Crippen molar-refractivity contribution >= 4 is 0 Å². The van der Waals surface area contributed by atoms with Crippen molar-refractivity contribution in [3.8, 4) is 0 Å². The zero-order valence-electron chi connectivity index (χ0n) is 13.5. The lowest BCUT2D eigenvalue weighted by molar-refractivity contribution is 0.357. The van der Waals surface area contributed by atoms with Gasteiger partial charge in [0.05, 0.1) is 0 Å². The number of hydrogen-bond acceptors (Lipinski definition) is 2. The molecular weight excluding hydrogens is 232 g/mol. The first-order chi connectivity index (χ1) is 9.26. The minimum atomic E-state index is 0.659. The van der Waals surface area contributed by atoms with Gasteiger partial charge >= 0.3 is 0 Å². The molecule has 2 nitrogen and oxygen atoms in total. The molecule has 1 aliphatic heterocycles. The lowest BCUT2D eigenvalue weighted by Crippen LogP contribution is -2.38. The van der Waals surface area contributed by atoms with Crippen LogP contribution in [-0.4, -0.2) is 25.2 Å². The van der Waals surface area contributed by atoms with Crippen LogP contribution in [0.5, 0.6) is 0 Å². The highest BCUT2D eigenvalue weighted by atomic mass is 14.9. The van der Waals surface area contributed by atoms with Crippen molar-refractivity contribution in [2.24, 2.45) is 5.92 Å². The normalized spacial score (nSPS) is 23.8. The van der Waals surface area contributed by atoms with E-state index in [1.807, 2.05) is 0 Å². The predicted octanol–water partition coefficient (Wildman–Crippen LogP) is 4.10. The molecule has 114 valence electrons. The minimum Gasteiger partial charge on any atom is -0.314 e. The molecule has 0 bridgehead atoms. The average Bonchev–Trinajstić information content (AvgIpc) is 2.67. The number of hydrogen-bond donors (Lipinski definition) is 2. The molecule has 1 heterocycles. The Morgan fingerprint density at radius 1 is 1.21 bits per heavy atom. The lowest BCUT2D eigenvalue weighted by Gasteiger charge is -2.24. The van der Waals surface area contributed by atoms with Gasteiger partial charge in [-0.3, -0.25) is 0 Å². The van der Waals surface area contributed by atoms with Gasteiger partial charge in [-0.2, -0.15) is 0 Å². The molecule has 0 aliphatic carbocycles. The van der Waals surface area contributed by atoms with Crippen molar-refractivity contribution in [2.75, 3.05) is 13.1 Å². The molecule has 1 saturated heterocycles. The SMILES string of the molecule is CCCCC(CC)CNC(C)CC1CCCCCN1. The zero-order chi connectivity index (χ0) is 13.9. The standard InChI is InChI=1S/C17H36N2/c1-4-6-10-16(5-2)14-19-15(3)13-17-11-8-7-9-12-18-17/h15-19H,4-14H2,1-3H3. The Kier molecular flexibility index (Phi) is 9.54. The Labute approximate surface area is 121 Å². The molecule has 0 aromatic rings. The van der Waals surface area contributed by atoms with E-state index in [1.54, 1.807) is 0 Å². The van der Waals surface area contributed by atoms with Gasteiger partial charge < -0.3 is 10.6 Å². The fourth-order valence-corrected chi connectivity index (χ4v) is 3.12. The van der Waals surface area contributed by atoms with Crippen LogP contribution in [0.25, 0.3) is 0 Å². The first-order valence-electron chi connectivity index (χ1n) is 8.73. The van der Waals surface area contributed by atoms with Crippen molar-refractivity contribution in [1.82, 2.24) is 10.6 Å². The van der Waals surface area contributed by atoms with Crippen molar-refractivity contribution in [3.05, 3.63) is 0 Å². The largest absolute Gasteiger partial charge is 0.314 e. The molecule has 1 rings (SSSR count). The topological polar surface area (TPSA) is 24.1 Å². The second kappa shape index (κ2) is 10.7. The van der Waals surface area contributed by atoms with Crippen molar-refractivity contribution in [1.29, 1.82) is 0 Å². The molecule has 0 radical (unpaired) electrons. The number of rotatable bonds is 9. The third-order valence-corrected chi connectivity index (χ3v) is 4.60. The van der Waals surface area contributed by atoms with Gasteiger partial charge in [-0.15, -0.1) is 0 Å². The van der Waals surface area contributed by atoms with Crippen LogP contribution in [0, 0.1) is 5.92 Å². The van der Waals surface area contributed by atoms with Gasteiger partial charge in [-0.1, -0.05) is 46.0 Å². The average molecular weight is 268 g/mol. The Bertz CT molecular complexity index is 197. The first-order valence-corrected chi connectivity index (χ1v) is 8.73. The monoisotopic (exact) mass is 268 g/mol. The summed E-state index contributed by atoms with van der Waals surface area (Å²) >= 11 is 0. The van der Waals surface area contributed by atoms with Crippen molar-refractivity contribution in [3.63, 3.8) is 0 Å². The minimum absolute atomic E-state index is 0.659. The van der Waals surface area contributed by atoms with E-state index in [1.165, 1.54) is 70.9 Å². The van der Waals surface area contributed by atoms with Crippen LogP contribution in [0.2, 0.25) is 0 Å². The van der Waals surface area contributed by atoms with E-state index >= 15 is 0 Å². The number of nitrogens with one attached hydrogen (secondary N) is 2. The molecule has 1 fully saturated rings. The van der Waals surface area contributed by atoms with Crippen molar-refractivity contribution < 1.29 is 0 Å². The summed E-state index contributed by atoms with van der Waals surface area (Å²) in [7, 11) is 0. The van der Waals surface area contributed by atoms with Gasteiger partial charge in [0.15, 0.2) is 0 Å². The Balaban J connectivity index is 2.16. The summed E-state index contributed by atoms with van der Waals surface area (Å²) in [6.07, 6.45) is 12.3. The van der Waals surface area contributed by atoms with Crippen LogP contribution in [0.1, 0.15) is 78.6 Å². The summed E-state index contributed by atoms with van der Waals surface area (Å²) < 4.78 is 0. The third-order valence-electron chi connectivity index (χ3n) is 4.60. The summed E-state index contributed by atoms with van der Waals surface area (Å²) in [6.45, 7) is 9.43. The van der Waals surface area contributed by atoms with Crippen LogP contribution in [-0.2, 0) is 0 Å². The smallest absolute Gasteiger partial charge is 0.00817 e. The molecule has 2 N–H and O–H groups in total. The Hall–Kier alpha value is -0.0800. The van der Waals surface area contributed by atoms with Crippen molar-refractivity contribution in [2.45, 2.75) is 90.6 Å². The highest BCUT2D eigenvalue weighted by Crippen LogP contribution is 2.14. The van der Waals surface area contributed by atoms with Crippen LogP contribution >= 0.6 is 0 Å². The molecular formula is C17H36N2. The summed E-state index contributed by atoms with van der Waals surface area (Å²) in [5.74, 6) is 0.879. The van der Waals surface area contributed by atoms with Crippen LogP contribution in [0.4, 0.5) is 0 Å². The third kappa shape index (κ3) is 7.94. The Morgan fingerprint density at radius 3 is 2.79 bits per heavy atom. The van der Waals surface area contributed by atoms with E-state index in [0.717, 1.165) is 12.0 Å². The molecule has 0 saturated carbocycles. The molecule has 0 amide bonds. The summed E-state index contributed by atoms with van der Waals surface area (Å²) in [6, 6.07) is 1.41. The molecule has 0 aromatic carbocycles. The molecule has 0 aromatic heterocycles. The summed E-state index contributed by atoms with van der Waals surface area (Å²) in [5.41, 5.74) is 0.